The molecule has 0 unspecified atom stereocenters. The fraction of sp³-hybridized carbons (Fsp3) is 1.00. The van der Waals surface area contributed by atoms with Gasteiger partial charge in [0, 0.05) is 26.2 Å². The van der Waals surface area contributed by atoms with Crippen LogP contribution in [-0.4, -0.2) is 6.10 Å². The van der Waals surface area contributed by atoms with Gasteiger partial charge in [-0.15, -0.1) is 0 Å². The maximum absolute atomic E-state index is 4.92. The van der Waals surface area contributed by atoms with E-state index in [9.17, 15) is 0 Å². The van der Waals surface area contributed by atoms with Crippen LogP contribution in [0, 0.1) is 39.8 Å². The largest absolute Gasteiger partial charge is 0 e. The predicted octanol–water partition coefficient (Wildman–Crippen LogP) is 0.873. The average molecular weight is 291 g/mol. The number of rotatable bonds is 1. The predicted molar refractivity (Wildman–Crippen MR) is 16.2 cm³/mol. The van der Waals surface area contributed by atoms with Gasteiger partial charge in [-0.3, -0.25) is 0 Å². The Morgan fingerprint density at radius 1 is 1.50 bits per heavy atom. The molecule has 0 atom stereocenters. The molecule has 0 saturated heterocycles. The molecule has 0 saturated carbocycles. The summed E-state index contributed by atoms with van der Waals surface area (Å²) in [5.41, 5.74) is 0. The Morgan fingerprint density at radius 2 is 1.67 bits per heavy atom. The molecule has 0 aliphatic heterocycles. The summed E-state index contributed by atoms with van der Waals surface area (Å²) in [6, 6.07) is 0. The van der Waals surface area contributed by atoms with Crippen molar-refractivity contribution >= 4 is 0 Å². The minimum Gasteiger partial charge on any atom is 0 e. The van der Waals surface area contributed by atoms with Gasteiger partial charge in [0.15, 0.2) is 0 Å². The van der Waals surface area contributed by atoms with Crippen LogP contribution in [0.1, 0.15) is 13.8 Å². The molecule has 0 bridgehead atoms. The minimum absolute atomic E-state index is 0. The Kier molecular flexibility index (Phi) is 13.3. The Labute approximate surface area is 85.4 Å². The van der Waals surface area contributed by atoms with Crippen molar-refractivity contribution in [2.24, 2.45) is 0 Å². The van der Waals surface area contributed by atoms with Crippen molar-refractivity contribution in [2.75, 3.05) is 0 Å². The molecule has 0 radical (unpaired) electrons. The Morgan fingerprint density at radius 3 is 1.67 bits per heavy atom. The van der Waals surface area contributed by atoms with Crippen molar-refractivity contribution in [1.29, 1.82) is 0 Å². The third kappa shape index (κ3) is 9.51. The van der Waals surface area contributed by atoms with Gasteiger partial charge >= 0.3 is 60.8 Å². The van der Waals surface area contributed by atoms with Gasteiger partial charge < -0.3 is 0 Å². The van der Waals surface area contributed by atoms with E-state index in [1.54, 1.807) is 0 Å². The van der Waals surface area contributed by atoms with E-state index in [1.165, 1.54) is 0 Å². The van der Waals surface area contributed by atoms with E-state index in [0.29, 0.717) is 45.9 Å². The van der Waals surface area contributed by atoms with E-state index in [0.717, 1.165) is 0 Å². The van der Waals surface area contributed by atoms with Crippen LogP contribution in [-0.2, 0) is 27.2 Å². The summed E-state index contributed by atoms with van der Waals surface area (Å²) in [6.45, 7) is 4.08. The maximum atomic E-state index is 4.92. The van der Waals surface area contributed by atoms with Crippen molar-refractivity contribution in [3.8, 4) is 0 Å². The third-order valence-corrected chi connectivity index (χ3v) is 2.02. The molecule has 6 heavy (non-hydrogen) atoms. The fourth-order valence-electron chi connectivity index (χ4n) is 0. The molecule has 0 fully saturated rings. The van der Waals surface area contributed by atoms with E-state index in [1.807, 2.05) is 13.8 Å². The quantitative estimate of drug-likeness (QED) is 0.697. The molecule has 0 aromatic rings. The van der Waals surface area contributed by atoms with Crippen molar-refractivity contribution in [2.45, 2.75) is 20.0 Å². The molecule has 0 aliphatic carbocycles. The first kappa shape index (κ1) is 11.1. The summed E-state index contributed by atoms with van der Waals surface area (Å²) in [5.74, 6) is 0. The molecule has 0 aromatic carbocycles. The zero-order valence-corrected chi connectivity index (χ0v) is 10.2. The van der Waals surface area contributed by atoms with Crippen LogP contribution in [0.2, 0.25) is 0 Å². The smallest absolute Gasteiger partial charge is 0 e. The van der Waals surface area contributed by atoms with Gasteiger partial charge in [-0.2, -0.15) is 0 Å². The van der Waals surface area contributed by atoms with E-state index >= 15 is 0 Å². The van der Waals surface area contributed by atoms with Crippen LogP contribution in [0.3, 0.4) is 0 Å². The summed E-state index contributed by atoms with van der Waals surface area (Å²) in [5, 5.41) is 0. The normalized spacial score (nSPS) is 7.67. The maximum Gasteiger partial charge on any atom is 0 e. The van der Waals surface area contributed by atoms with E-state index < -0.39 is 0 Å². The molecule has 0 spiro atoms. The molecule has 0 N–H and O–H groups in total. The number of hydrogen-bond acceptors (Lipinski definition) is 1. The molecule has 0 amide bonds. The molecule has 0 heterocycles. The SMILES string of the molecule is CC(C)[O][Pr].[Zr]. The summed E-state index contributed by atoms with van der Waals surface area (Å²) in [6.07, 6.45) is 0.458. The summed E-state index contributed by atoms with van der Waals surface area (Å²) in [4.78, 5) is 0. The molecule has 32 valence electrons. The first-order valence-electron chi connectivity index (χ1n) is 1.63. The van der Waals surface area contributed by atoms with Crippen LogP contribution in [0.25, 0.3) is 0 Å². The van der Waals surface area contributed by atoms with Gasteiger partial charge in [0.25, 0.3) is 0 Å². The van der Waals surface area contributed by atoms with Gasteiger partial charge in [0.05, 0.1) is 0 Å². The van der Waals surface area contributed by atoms with Crippen LogP contribution in [0.5, 0.6) is 0 Å². The van der Waals surface area contributed by atoms with E-state index in [4.69, 9.17) is 1.01 Å². The summed E-state index contributed by atoms with van der Waals surface area (Å²) >= 11 is 0.708. The first-order chi connectivity index (χ1) is 2.27. The second kappa shape index (κ2) is 7.21. The molecule has 3 heteroatoms. The van der Waals surface area contributed by atoms with Crippen molar-refractivity contribution in [3.05, 3.63) is 0 Å². The molecule has 1 nitrogen and oxygen atoms in total. The molecule has 0 aliphatic rings. The molecule has 0 rings (SSSR count). The Balaban J connectivity index is 0. The van der Waals surface area contributed by atoms with Crippen LogP contribution < -0.4 is 0 Å². The van der Waals surface area contributed by atoms with Crippen LogP contribution >= 0.6 is 0 Å². The van der Waals surface area contributed by atoms with Gasteiger partial charge in [0.1, 0.15) is 0 Å². The van der Waals surface area contributed by atoms with Crippen molar-refractivity contribution < 1.29 is 67.0 Å². The third-order valence-electron chi connectivity index (χ3n) is 0.272. The topological polar surface area (TPSA) is 9.23 Å². The van der Waals surface area contributed by atoms with Gasteiger partial charge in [-0.1, -0.05) is 0 Å². The zero-order valence-electron chi connectivity index (χ0n) is 4.06. The summed E-state index contributed by atoms with van der Waals surface area (Å²) in [7, 11) is 0. The van der Waals surface area contributed by atoms with Crippen molar-refractivity contribution in [1.82, 2.24) is 0 Å². The van der Waals surface area contributed by atoms with Crippen LogP contribution in [0.15, 0.2) is 0 Å². The van der Waals surface area contributed by atoms with E-state index in [-0.39, 0.29) is 26.2 Å². The molecule has 0 aromatic heterocycles. The number of hydrogen-bond donors (Lipinski definition) is 0. The zero-order chi connectivity index (χ0) is 4.28. The van der Waals surface area contributed by atoms with E-state index in [2.05, 4.69) is 0 Å². The second-order valence-corrected chi connectivity index (χ2v) is 2.06. The Bertz CT molecular complexity index is 24.8. The fourth-order valence-corrected chi connectivity index (χ4v) is 0. The molecular formula is C3H7OPrZr. The van der Waals surface area contributed by atoms with Gasteiger partial charge in [-0.25, -0.2) is 0 Å². The average Bonchev–Trinajstić information content (AvgIpc) is 1.38. The first-order valence-corrected chi connectivity index (χ1v) is 3.14. The molecular weight excluding hydrogens is 284 g/mol. The van der Waals surface area contributed by atoms with Crippen molar-refractivity contribution in [3.63, 3.8) is 0 Å². The standard InChI is InChI=1S/C3H7O.Pr.Zr/c1-3(2)4;;/h3H,1-2H3;;/q-1;+1;. The van der Waals surface area contributed by atoms with Gasteiger partial charge in [-0.05, 0) is 0 Å². The summed E-state index contributed by atoms with van der Waals surface area (Å²) < 4.78 is 4.92. The Hall–Kier alpha value is 2.21. The second-order valence-electron chi connectivity index (χ2n) is 1.18. The van der Waals surface area contributed by atoms with Gasteiger partial charge in [0.2, 0.25) is 0 Å². The monoisotopic (exact) mass is 290 g/mol. The van der Waals surface area contributed by atoms with Crippen LogP contribution in [0.4, 0.5) is 0 Å². The minimum atomic E-state index is 0.